The molecule has 0 aliphatic carbocycles. The van der Waals surface area contributed by atoms with Crippen LogP contribution in [-0.2, 0) is 21.1 Å². The molecule has 26 heavy (non-hydrogen) atoms. The second kappa shape index (κ2) is 7.78. The molecular weight excluding hydrogens is 354 g/mol. The summed E-state index contributed by atoms with van der Waals surface area (Å²) in [6.07, 6.45) is 4.09. The van der Waals surface area contributed by atoms with Crippen LogP contribution in [0, 0.1) is 5.92 Å². The van der Waals surface area contributed by atoms with E-state index in [1.165, 1.54) is 0 Å². The van der Waals surface area contributed by atoms with Crippen LogP contribution in [0.4, 0.5) is 0 Å². The number of likely N-dealkylation sites (tertiary alicyclic amines) is 1. The summed E-state index contributed by atoms with van der Waals surface area (Å²) in [5.74, 6) is -0.737. The van der Waals surface area contributed by atoms with Gasteiger partial charge in [-0.15, -0.1) is 0 Å². The molecule has 0 radical (unpaired) electrons. The lowest BCUT2D eigenvalue weighted by molar-refractivity contribution is -0.132. The number of carbonyl (C=O) groups is 2. The zero-order valence-electron chi connectivity index (χ0n) is 14.8. The van der Waals surface area contributed by atoms with Crippen molar-refractivity contribution in [2.45, 2.75) is 43.8 Å². The summed E-state index contributed by atoms with van der Waals surface area (Å²) in [5.41, 5.74) is 1.15. The third-order valence-electron chi connectivity index (χ3n) is 5.54. The second-order valence-corrected chi connectivity index (χ2v) is 9.59. The van der Waals surface area contributed by atoms with Crippen LogP contribution in [-0.4, -0.2) is 54.4 Å². The molecule has 6 nitrogen and oxygen atoms in total. The minimum absolute atomic E-state index is 0.117. The summed E-state index contributed by atoms with van der Waals surface area (Å²) in [7, 11) is -3.31. The normalized spacial score (nSPS) is 23.5. The molecule has 0 spiro atoms. The first-order chi connectivity index (χ1) is 12.4. The van der Waals surface area contributed by atoms with Crippen molar-refractivity contribution in [3.8, 4) is 0 Å². The summed E-state index contributed by atoms with van der Waals surface area (Å²) >= 11 is 0. The number of carboxylic acid groups (broad SMARTS) is 1. The lowest BCUT2D eigenvalue weighted by Crippen LogP contribution is -2.48. The van der Waals surface area contributed by atoms with Crippen molar-refractivity contribution >= 4 is 21.7 Å². The molecule has 1 unspecified atom stereocenters. The van der Waals surface area contributed by atoms with Crippen molar-refractivity contribution in [2.24, 2.45) is 5.92 Å². The summed E-state index contributed by atoms with van der Waals surface area (Å²) in [6.45, 7) is 1.09. The van der Waals surface area contributed by atoms with Gasteiger partial charge in [-0.2, -0.15) is 0 Å². The topological polar surface area (TPSA) is 91.8 Å². The number of rotatable bonds is 4. The SMILES string of the molecule is O=C(O)c1ccccc1CC1CCN(C(=O)C2CCCCS2(=O)=O)CC1. The molecule has 1 atom stereocenters. The quantitative estimate of drug-likeness (QED) is 0.865. The maximum Gasteiger partial charge on any atom is 0.335 e. The Bertz CT molecular complexity index is 781. The van der Waals surface area contributed by atoms with E-state index in [2.05, 4.69) is 0 Å². The highest BCUT2D eigenvalue weighted by Gasteiger charge is 2.38. The van der Waals surface area contributed by atoms with Gasteiger partial charge < -0.3 is 10.0 Å². The number of piperidine rings is 1. The number of amides is 1. The van der Waals surface area contributed by atoms with Crippen LogP contribution in [0.5, 0.6) is 0 Å². The fourth-order valence-electron chi connectivity index (χ4n) is 4.01. The fraction of sp³-hybridized carbons (Fsp3) is 0.579. The highest BCUT2D eigenvalue weighted by Crippen LogP contribution is 2.27. The third-order valence-corrected chi connectivity index (χ3v) is 7.70. The monoisotopic (exact) mass is 379 g/mol. The zero-order chi connectivity index (χ0) is 18.7. The number of carbonyl (C=O) groups excluding carboxylic acids is 1. The van der Waals surface area contributed by atoms with Crippen LogP contribution in [0.2, 0.25) is 0 Å². The van der Waals surface area contributed by atoms with Gasteiger partial charge in [0.2, 0.25) is 5.91 Å². The van der Waals surface area contributed by atoms with Gasteiger partial charge in [0.25, 0.3) is 0 Å². The van der Waals surface area contributed by atoms with Gasteiger partial charge in [0.05, 0.1) is 11.3 Å². The summed E-state index contributed by atoms with van der Waals surface area (Å²) < 4.78 is 24.3. The first-order valence-corrected chi connectivity index (χ1v) is 10.9. The fourth-order valence-corrected chi connectivity index (χ4v) is 5.88. The van der Waals surface area contributed by atoms with Gasteiger partial charge in [-0.3, -0.25) is 4.79 Å². The first-order valence-electron chi connectivity index (χ1n) is 9.20. The molecule has 2 saturated heterocycles. The van der Waals surface area contributed by atoms with Crippen molar-refractivity contribution in [2.75, 3.05) is 18.8 Å². The summed E-state index contributed by atoms with van der Waals surface area (Å²) in [6, 6.07) is 7.02. The molecular formula is C19H25NO5S. The Balaban J connectivity index is 1.59. The van der Waals surface area contributed by atoms with Gasteiger partial charge >= 0.3 is 5.97 Å². The summed E-state index contributed by atoms with van der Waals surface area (Å²) in [4.78, 5) is 25.7. The molecule has 1 N–H and O–H groups in total. The van der Waals surface area contributed by atoms with Crippen LogP contribution in [0.25, 0.3) is 0 Å². The van der Waals surface area contributed by atoms with Crippen LogP contribution >= 0.6 is 0 Å². The van der Waals surface area contributed by atoms with Gasteiger partial charge in [0, 0.05) is 13.1 Å². The van der Waals surface area contributed by atoms with Gasteiger partial charge in [-0.25, -0.2) is 13.2 Å². The maximum atomic E-state index is 12.6. The van der Waals surface area contributed by atoms with E-state index in [4.69, 9.17) is 0 Å². The molecule has 142 valence electrons. The molecule has 2 fully saturated rings. The Morgan fingerprint density at radius 1 is 1.08 bits per heavy atom. The predicted octanol–water partition coefficient (Wildman–Crippen LogP) is 2.13. The molecule has 1 amide bonds. The maximum absolute atomic E-state index is 12.6. The van der Waals surface area contributed by atoms with Crippen LogP contribution in [0.1, 0.15) is 48.0 Å². The third kappa shape index (κ3) is 4.09. The van der Waals surface area contributed by atoms with E-state index in [-0.39, 0.29) is 11.7 Å². The molecule has 2 heterocycles. The van der Waals surface area contributed by atoms with Crippen LogP contribution < -0.4 is 0 Å². The number of carboxylic acids is 1. The van der Waals surface area contributed by atoms with Gasteiger partial charge in [-0.05, 0) is 49.7 Å². The molecule has 0 aromatic heterocycles. The molecule has 3 rings (SSSR count). The minimum Gasteiger partial charge on any atom is -0.478 e. The minimum atomic E-state index is -3.31. The molecule has 2 aliphatic rings. The van der Waals surface area contributed by atoms with Crippen molar-refractivity contribution in [1.29, 1.82) is 0 Å². The standard InChI is InChI=1S/C19H25NO5S/c21-18(17-7-3-4-12-26(17,24)25)20-10-8-14(9-11-20)13-15-5-1-2-6-16(15)19(22)23/h1-2,5-6,14,17H,3-4,7-13H2,(H,22,23). The number of aromatic carboxylic acids is 1. The molecule has 1 aromatic rings. The molecule has 7 heteroatoms. The zero-order valence-corrected chi connectivity index (χ0v) is 15.6. The highest BCUT2D eigenvalue weighted by atomic mass is 32.2. The molecule has 1 aromatic carbocycles. The highest BCUT2D eigenvalue weighted by molar-refractivity contribution is 7.92. The number of nitrogens with zero attached hydrogens (tertiary/aromatic N) is 1. The largest absolute Gasteiger partial charge is 0.478 e. The predicted molar refractivity (Wildman–Crippen MR) is 97.8 cm³/mol. The Morgan fingerprint density at radius 2 is 1.77 bits per heavy atom. The van der Waals surface area contributed by atoms with Gasteiger partial charge in [0.15, 0.2) is 9.84 Å². The smallest absolute Gasteiger partial charge is 0.335 e. The van der Waals surface area contributed by atoms with E-state index in [0.717, 1.165) is 24.8 Å². The lowest BCUT2D eigenvalue weighted by Gasteiger charge is -2.35. The van der Waals surface area contributed by atoms with Crippen molar-refractivity contribution in [1.82, 2.24) is 4.90 Å². The Labute approximate surface area is 154 Å². The first kappa shape index (κ1) is 18.9. The van der Waals surface area contributed by atoms with Crippen molar-refractivity contribution in [3.63, 3.8) is 0 Å². The average molecular weight is 379 g/mol. The van der Waals surface area contributed by atoms with Crippen LogP contribution in [0.15, 0.2) is 24.3 Å². The lowest BCUT2D eigenvalue weighted by atomic mass is 9.88. The van der Waals surface area contributed by atoms with Crippen LogP contribution in [0.3, 0.4) is 0 Å². The number of benzene rings is 1. The molecule has 0 bridgehead atoms. The molecule has 2 aliphatic heterocycles. The number of hydrogen-bond acceptors (Lipinski definition) is 4. The van der Waals surface area contributed by atoms with Crippen molar-refractivity contribution < 1.29 is 23.1 Å². The number of sulfone groups is 1. The molecule has 0 saturated carbocycles. The summed E-state index contributed by atoms with van der Waals surface area (Å²) in [5, 5.41) is 8.43. The van der Waals surface area contributed by atoms with E-state index in [1.807, 2.05) is 12.1 Å². The Kier molecular flexibility index (Phi) is 5.65. The Morgan fingerprint density at radius 3 is 2.42 bits per heavy atom. The second-order valence-electron chi connectivity index (χ2n) is 7.29. The van der Waals surface area contributed by atoms with E-state index in [0.29, 0.717) is 43.8 Å². The van der Waals surface area contributed by atoms with E-state index in [1.54, 1.807) is 17.0 Å². The van der Waals surface area contributed by atoms with E-state index in [9.17, 15) is 23.1 Å². The van der Waals surface area contributed by atoms with Crippen molar-refractivity contribution in [3.05, 3.63) is 35.4 Å². The average Bonchev–Trinajstić information content (AvgIpc) is 2.62. The van der Waals surface area contributed by atoms with E-state index < -0.39 is 21.1 Å². The Hall–Kier alpha value is -1.89. The van der Waals surface area contributed by atoms with E-state index >= 15 is 0 Å². The van der Waals surface area contributed by atoms with Gasteiger partial charge in [-0.1, -0.05) is 24.6 Å². The number of hydrogen-bond donors (Lipinski definition) is 1. The van der Waals surface area contributed by atoms with Gasteiger partial charge in [0.1, 0.15) is 5.25 Å².